The molecule has 0 aliphatic rings. The molecule has 10 heteroatoms. The van der Waals surface area contributed by atoms with Gasteiger partial charge in [0.15, 0.2) is 0 Å². The van der Waals surface area contributed by atoms with E-state index in [0.29, 0.717) is 0 Å². The van der Waals surface area contributed by atoms with Gasteiger partial charge in [0.25, 0.3) is 5.56 Å². The van der Waals surface area contributed by atoms with Crippen LogP contribution in [0.2, 0.25) is 0 Å². The molecule has 0 saturated heterocycles. The Bertz CT molecular complexity index is 1240. The van der Waals surface area contributed by atoms with Crippen LogP contribution in [0, 0.1) is 17.1 Å². The molecule has 0 bridgehead atoms. The first-order valence-corrected chi connectivity index (χ1v) is 8.00. The summed E-state index contributed by atoms with van der Waals surface area (Å²) >= 11 is 0. The number of hydrogen-bond donors (Lipinski definition) is 0. The molecule has 29 heavy (non-hydrogen) atoms. The summed E-state index contributed by atoms with van der Waals surface area (Å²) in [6, 6.07) is 11.6. The van der Waals surface area contributed by atoms with Crippen molar-refractivity contribution in [1.29, 1.82) is 5.26 Å². The van der Waals surface area contributed by atoms with Gasteiger partial charge in [0.2, 0.25) is 0 Å². The second kappa shape index (κ2) is 7.27. The minimum atomic E-state index is -4.95. The Labute approximate surface area is 160 Å². The number of rotatable bonds is 3. The number of benzene rings is 2. The van der Waals surface area contributed by atoms with Crippen LogP contribution >= 0.6 is 0 Å². The van der Waals surface area contributed by atoms with Crippen molar-refractivity contribution in [1.82, 2.24) is 9.13 Å². The molecule has 0 fully saturated rings. The SMILES string of the molecule is Cn1c(C(F)(F)F)cc(=O)n(-c2cc(Oc3ccccc3)c(C#N)cc2F)c1=O. The Kier molecular flexibility index (Phi) is 4.99. The zero-order chi connectivity index (χ0) is 21.3. The van der Waals surface area contributed by atoms with E-state index in [4.69, 9.17) is 4.74 Å². The van der Waals surface area contributed by atoms with Crippen molar-refractivity contribution < 1.29 is 22.3 Å². The van der Waals surface area contributed by atoms with E-state index in [-0.39, 0.29) is 32.3 Å². The lowest BCUT2D eigenvalue weighted by Gasteiger charge is -2.15. The topological polar surface area (TPSA) is 77.0 Å². The average molecular weight is 405 g/mol. The summed E-state index contributed by atoms with van der Waals surface area (Å²) in [5, 5.41) is 9.21. The molecule has 2 aromatic carbocycles. The van der Waals surface area contributed by atoms with E-state index in [1.54, 1.807) is 36.4 Å². The first kappa shape index (κ1) is 19.9. The first-order chi connectivity index (χ1) is 13.6. The molecule has 148 valence electrons. The fourth-order valence-electron chi connectivity index (χ4n) is 2.62. The summed E-state index contributed by atoms with van der Waals surface area (Å²) in [4.78, 5) is 24.6. The number of ether oxygens (including phenoxy) is 1. The molecule has 0 radical (unpaired) electrons. The van der Waals surface area contributed by atoms with Gasteiger partial charge in [0, 0.05) is 19.2 Å². The van der Waals surface area contributed by atoms with Crippen LogP contribution in [-0.4, -0.2) is 9.13 Å². The van der Waals surface area contributed by atoms with E-state index in [9.17, 15) is 32.4 Å². The standard InChI is InChI=1S/C19H11F4N3O3/c1-25-16(19(21,22)23)9-17(27)26(18(25)28)14-8-15(11(10-24)7-13(14)20)29-12-5-3-2-4-6-12/h2-9H,1H3. The second-order valence-electron chi connectivity index (χ2n) is 5.87. The van der Waals surface area contributed by atoms with Crippen LogP contribution in [0.25, 0.3) is 5.69 Å². The van der Waals surface area contributed by atoms with Crippen LogP contribution in [0.1, 0.15) is 11.3 Å². The van der Waals surface area contributed by atoms with E-state index in [2.05, 4.69) is 0 Å². The Morgan fingerprint density at radius 3 is 2.31 bits per heavy atom. The van der Waals surface area contributed by atoms with Gasteiger partial charge in [-0.2, -0.15) is 18.4 Å². The van der Waals surface area contributed by atoms with Crippen molar-refractivity contribution in [2.75, 3.05) is 0 Å². The van der Waals surface area contributed by atoms with Crippen molar-refractivity contribution in [3.63, 3.8) is 0 Å². The molecule has 0 aliphatic heterocycles. The Morgan fingerprint density at radius 1 is 1.07 bits per heavy atom. The first-order valence-electron chi connectivity index (χ1n) is 8.00. The second-order valence-corrected chi connectivity index (χ2v) is 5.87. The lowest BCUT2D eigenvalue weighted by Crippen LogP contribution is -2.41. The van der Waals surface area contributed by atoms with Gasteiger partial charge in [0.1, 0.15) is 29.1 Å². The smallest absolute Gasteiger partial charge is 0.431 e. The molecule has 0 spiro atoms. The van der Waals surface area contributed by atoms with Crippen molar-refractivity contribution >= 4 is 0 Å². The lowest BCUT2D eigenvalue weighted by molar-refractivity contribution is -0.144. The number of halogens is 4. The van der Waals surface area contributed by atoms with Gasteiger partial charge >= 0.3 is 11.9 Å². The number of para-hydroxylation sites is 1. The quantitative estimate of drug-likeness (QED) is 0.626. The highest BCUT2D eigenvalue weighted by Crippen LogP contribution is 2.30. The van der Waals surface area contributed by atoms with Crippen LogP contribution in [0.3, 0.4) is 0 Å². The fourth-order valence-corrected chi connectivity index (χ4v) is 2.62. The summed E-state index contributed by atoms with van der Waals surface area (Å²) < 4.78 is 59.4. The maximum Gasteiger partial charge on any atom is 0.431 e. The van der Waals surface area contributed by atoms with Crippen LogP contribution in [0.5, 0.6) is 11.5 Å². The van der Waals surface area contributed by atoms with E-state index < -0.39 is 34.6 Å². The number of alkyl halides is 3. The van der Waals surface area contributed by atoms with E-state index in [1.165, 1.54) is 0 Å². The molecule has 1 aromatic heterocycles. The van der Waals surface area contributed by atoms with Crippen molar-refractivity contribution in [3.8, 4) is 23.3 Å². The monoisotopic (exact) mass is 405 g/mol. The number of nitrogens with zero attached hydrogens (tertiary/aromatic N) is 3. The molecular weight excluding hydrogens is 394 g/mol. The number of hydrogen-bond acceptors (Lipinski definition) is 4. The fraction of sp³-hybridized carbons (Fsp3) is 0.105. The van der Waals surface area contributed by atoms with Gasteiger partial charge in [-0.15, -0.1) is 0 Å². The van der Waals surface area contributed by atoms with Crippen LogP contribution in [-0.2, 0) is 13.2 Å². The van der Waals surface area contributed by atoms with Gasteiger partial charge < -0.3 is 4.74 Å². The Hall–Kier alpha value is -3.87. The molecule has 6 nitrogen and oxygen atoms in total. The summed E-state index contributed by atoms with van der Waals surface area (Å²) in [7, 11) is 0.810. The molecule has 0 atom stereocenters. The highest BCUT2D eigenvalue weighted by atomic mass is 19.4. The molecule has 0 unspecified atom stereocenters. The normalized spacial score (nSPS) is 11.2. The molecule has 0 saturated carbocycles. The van der Waals surface area contributed by atoms with E-state index in [0.717, 1.165) is 19.2 Å². The minimum Gasteiger partial charge on any atom is -0.456 e. The predicted octanol–water partition coefficient (Wildman–Crippen LogP) is 3.36. The zero-order valence-electron chi connectivity index (χ0n) is 14.7. The third-order valence-corrected chi connectivity index (χ3v) is 3.99. The Morgan fingerprint density at radius 2 is 1.72 bits per heavy atom. The maximum atomic E-state index is 14.5. The number of nitriles is 1. The highest BCUT2D eigenvalue weighted by Gasteiger charge is 2.35. The molecule has 0 aliphatic carbocycles. The summed E-state index contributed by atoms with van der Waals surface area (Å²) in [6.07, 6.45) is -4.95. The molecule has 1 heterocycles. The van der Waals surface area contributed by atoms with Gasteiger partial charge in [-0.1, -0.05) is 18.2 Å². The molecular formula is C19H11F4N3O3. The largest absolute Gasteiger partial charge is 0.456 e. The molecule has 0 amide bonds. The minimum absolute atomic E-state index is 0.177. The van der Waals surface area contributed by atoms with Gasteiger partial charge in [-0.05, 0) is 18.2 Å². The maximum absolute atomic E-state index is 14.5. The van der Waals surface area contributed by atoms with E-state index >= 15 is 0 Å². The van der Waals surface area contributed by atoms with Crippen molar-refractivity contribution in [2.45, 2.75) is 6.18 Å². The summed E-state index contributed by atoms with van der Waals surface area (Å²) in [5.41, 5.74) is -5.13. The van der Waals surface area contributed by atoms with Gasteiger partial charge in [-0.3, -0.25) is 9.36 Å². The summed E-state index contributed by atoms with van der Waals surface area (Å²) in [5.74, 6) is -1.04. The van der Waals surface area contributed by atoms with Crippen LogP contribution < -0.4 is 16.0 Å². The third-order valence-electron chi connectivity index (χ3n) is 3.99. The predicted molar refractivity (Wildman–Crippen MR) is 93.5 cm³/mol. The molecule has 3 rings (SSSR count). The lowest BCUT2D eigenvalue weighted by atomic mass is 10.1. The summed E-state index contributed by atoms with van der Waals surface area (Å²) in [6.45, 7) is 0. The molecule has 3 aromatic rings. The zero-order valence-corrected chi connectivity index (χ0v) is 14.7. The van der Waals surface area contributed by atoms with Crippen LogP contribution in [0.15, 0.2) is 58.1 Å². The third kappa shape index (κ3) is 3.75. The molecule has 0 N–H and O–H groups in total. The number of aromatic nitrogens is 2. The van der Waals surface area contributed by atoms with Gasteiger partial charge in [-0.25, -0.2) is 13.8 Å². The van der Waals surface area contributed by atoms with E-state index in [1.807, 2.05) is 0 Å². The average Bonchev–Trinajstić information content (AvgIpc) is 2.66. The highest BCUT2D eigenvalue weighted by molar-refractivity contribution is 5.52. The Balaban J connectivity index is 2.24. The van der Waals surface area contributed by atoms with Crippen LogP contribution in [0.4, 0.5) is 17.6 Å². The van der Waals surface area contributed by atoms with Crippen molar-refractivity contribution in [2.24, 2.45) is 7.05 Å². The van der Waals surface area contributed by atoms with Gasteiger partial charge in [0.05, 0.1) is 11.3 Å². The van der Waals surface area contributed by atoms with Crippen molar-refractivity contribution in [3.05, 3.63) is 86.4 Å².